The fraction of sp³-hybridized carbons (Fsp3) is 0.382. The van der Waals surface area contributed by atoms with Crippen LogP contribution >= 0.6 is 28.3 Å². The molecule has 3 heterocycles. The zero-order valence-corrected chi connectivity index (χ0v) is 27.3. The molecular formula is C34H37BrClFN2O5. The summed E-state index contributed by atoms with van der Waals surface area (Å²) in [7, 11) is 3.33. The zero-order valence-electron chi connectivity index (χ0n) is 24.9. The molecule has 0 radical (unpaired) electrons. The van der Waals surface area contributed by atoms with Gasteiger partial charge >= 0.3 is 0 Å². The van der Waals surface area contributed by atoms with E-state index in [1.165, 1.54) is 6.07 Å². The Morgan fingerprint density at radius 1 is 1.02 bits per heavy atom. The second-order valence-corrected chi connectivity index (χ2v) is 12.1. The van der Waals surface area contributed by atoms with E-state index in [2.05, 4.69) is 20.8 Å². The smallest absolute Gasteiger partial charge is 0.262 e. The Kier molecular flexibility index (Phi) is 10.3. The van der Waals surface area contributed by atoms with Gasteiger partial charge < -0.3 is 18.9 Å². The Morgan fingerprint density at radius 3 is 2.52 bits per heavy atom. The molecule has 3 aromatic carbocycles. The van der Waals surface area contributed by atoms with Gasteiger partial charge in [0.1, 0.15) is 17.3 Å². The Balaban J connectivity index is 0.00000384. The third-order valence-corrected chi connectivity index (χ3v) is 9.23. The van der Waals surface area contributed by atoms with Crippen molar-refractivity contribution in [1.82, 2.24) is 9.47 Å². The number of benzene rings is 3. The summed E-state index contributed by atoms with van der Waals surface area (Å²) in [6.45, 7) is 4.01. The zero-order chi connectivity index (χ0) is 30.0. The standard InChI is InChI=1S/C34H36BrFN2O5.ClH/c1-40-27-8-9-31-29(21-27)30-22-37(14-10-32(30)38(31)33(39)23-4-6-25(35)7-5-23)13-3-15-43-28-19-24(18-26(36)20-28)34(41-2)11-16-42-17-12-34;/h4-9,18-21H,3,10-17,22H2,1-2H3;1H. The van der Waals surface area contributed by atoms with Crippen molar-refractivity contribution >= 4 is 45.1 Å². The molecular weight excluding hydrogens is 651 g/mol. The van der Waals surface area contributed by atoms with Gasteiger partial charge in [-0.05, 0) is 72.1 Å². The average molecular weight is 688 g/mol. The van der Waals surface area contributed by atoms with Crippen molar-refractivity contribution in [2.75, 3.05) is 47.1 Å². The molecule has 1 aromatic heterocycles. The van der Waals surface area contributed by atoms with Crippen LogP contribution in [0.25, 0.3) is 10.9 Å². The van der Waals surface area contributed by atoms with Crippen LogP contribution in [0.4, 0.5) is 4.39 Å². The largest absolute Gasteiger partial charge is 0.497 e. The van der Waals surface area contributed by atoms with Crippen molar-refractivity contribution in [2.24, 2.45) is 0 Å². The molecule has 44 heavy (non-hydrogen) atoms. The van der Waals surface area contributed by atoms with Crippen LogP contribution in [0.3, 0.4) is 0 Å². The summed E-state index contributed by atoms with van der Waals surface area (Å²) in [6.07, 6.45) is 2.90. The van der Waals surface area contributed by atoms with Gasteiger partial charge in [0, 0.05) is 86.4 Å². The molecule has 0 aliphatic carbocycles. The maximum Gasteiger partial charge on any atom is 0.262 e. The lowest BCUT2D eigenvalue weighted by atomic mass is 9.86. The SMILES string of the molecule is COc1ccc2c(c1)c1c(n2C(=O)c2ccc(Br)cc2)CCN(CCCOc2cc(F)cc(C3(OC)CCOCC3)c2)C1.Cl. The van der Waals surface area contributed by atoms with E-state index in [1.54, 1.807) is 20.3 Å². The number of halogens is 3. The van der Waals surface area contributed by atoms with Crippen LogP contribution in [0, 0.1) is 5.82 Å². The maximum absolute atomic E-state index is 14.6. The predicted octanol–water partition coefficient (Wildman–Crippen LogP) is 7.14. The first-order chi connectivity index (χ1) is 20.9. The van der Waals surface area contributed by atoms with E-state index in [0.29, 0.717) is 44.0 Å². The Labute approximate surface area is 271 Å². The quantitative estimate of drug-likeness (QED) is 0.175. The van der Waals surface area contributed by atoms with Gasteiger partial charge in [0.05, 0.1) is 24.8 Å². The highest BCUT2D eigenvalue weighted by atomic mass is 79.9. The minimum Gasteiger partial charge on any atom is -0.497 e. The summed E-state index contributed by atoms with van der Waals surface area (Å²) in [6, 6.07) is 18.3. The highest BCUT2D eigenvalue weighted by Gasteiger charge is 2.35. The molecule has 7 nitrogen and oxygen atoms in total. The van der Waals surface area contributed by atoms with Crippen molar-refractivity contribution in [3.63, 3.8) is 0 Å². The molecule has 0 saturated carbocycles. The van der Waals surface area contributed by atoms with Crippen molar-refractivity contribution in [1.29, 1.82) is 0 Å². The first-order valence-corrected chi connectivity index (χ1v) is 15.5. The molecule has 10 heteroatoms. The number of nitrogens with zero attached hydrogens (tertiary/aromatic N) is 2. The highest BCUT2D eigenvalue weighted by Crippen LogP contribution is 2.38. The molecule has 2 aliphatic heterocycles. The number of carbonyl (C=O) groups excluding carboxylic acids is 1. The summed E-state index contributed by atoms with van der Waals surface area (Å²) in [5.41, 5.74) is 3.99. The summed E-state index contributed by atoms with van der Waals surface area (Å²) < 4.78 is 40.3. The molecule has 4 aromatic rings. The highest BCUT2D eigenvalue weighted by molar-refractivity contribution is 9.10. The van der Waals surface area contributed by atoms with Gasteiger partial charge in [-0.1, -0.05) is 15.9 Å². The minimum absolute atomic E-state index is 0. The van der Waals surface area contributed by atoms with Crippen LogP contribution in [-0.2, 0) is 28.0 Å². The second kappa shape index (κ2) is 14.0. The molecule has 0 bridgehead atoms. The van der Waals surface area contributed by atoms with E-state index in [4.69, 9.17) is 18.9 Å². The van der Waals surface area contributed by atoms with Gasteiger partial charge in [0.2, 0.25) is 0 Å². The van der Waals surface area contributed by atoms with Gasteiger partial charge in [0.25, 0.3) is 5.91 Å². The van der Waals surface area contributed by atoms with Crippen LogP contribution in [0.2, 0.25) is 0 Å². The number of rotatable bonds is 9. The number of hydrogen-bond donors (Lipinski definition) is 0. The normalized spacial score (nSPS) is 16.3. The van der Waals surface area contributed by atoms with Crippen molar-refractivity contribution < 1.29 is 28.1 Å². The molecule has 0 N–H and O–H groups in total. The van der Waals surface area contributed by atoms with Gasteiger partial charge in [-0.25, -0.2) is 4.39 Å². The van der Waals surface area contributed by atoms with E-state index in [-0.39, 0.29) is 24.1 Å². The van der Waals surface area contributed by atoms with Gasteiger partial charge in [-0.15, -0.1) is 12.4 Å². The van der Waals surface area contributed by atoms with Crippen LogP contribution < -0.4 is 9.47 Å². The lowest BCUT2D eigenvalue weighted by Crippen LogP contribution is -2.35. The summed E-state index contributed by atoms with van der Waals surface area (Å²) >= 11 is 3.46. The second-order valence-electron chi connectivity index (χ2n) is 11.2. The van der Waals surface area contributed by atoms with E-state index in [0.717, 1.165) is 70.4 Å². The fourth-order valence-corrected chi connectivity index (χ4v) is 6.63. The molecule has 0 amide bonds. The lowest BCUT2D eigenvalue weighted by Gasteiger charge is -2.36. The molecule has 1 saturated heterocycles. The molecule has 234 valence electrons. The number of hydrogen-bond acceptors (Lipinski definition) is 6. The van der Waals surface area contributed by atoms with E-state index < -0.39 is 5.60 Å². The third-order valence-electron chi connectivity index (χ3n) is 8.70. The Morgan fingerprint density at radius 2 is 1.80 bits per heavy atom. The number of ether oxygens (including phenoxy) is 4. The van der Waals surface area contributed by atoms with E-state index >= 15 is 0 Å². The summed E-state index contributed by atoms with van der Waals surface area (Å²) in [5, 5.41) is 1.04. The van der Waals surface area contributed by atoms with Crippen LogP contribution in [0.1, 0.15) is 46.4 Å². The van der Waals surface area contributed by atoms with Gasteiger partial charge in [-0.2, -0.15) is 0 Å². The Bertz CT molecular complexity index is 1620. The van der Waals surface area contributed by atoms with Crippen molar-refractivity contribution in [3.05, 3.63) is 93.3 Å². The van der Waals surface area contributed by atoms with E-state index in [1.807, 2.05) is 53.1 Å². The van der Waals surface area contributed by atoms with Crippen LogP contribution in [0.15, 0.2) is 65.1 Å². The lowest BCUT2D eigenvalue weighted by molar-refractivity contribution is -0.0950. The first kappa shape index (κ1) is 32.4. The molecule has 0 unspecified atom stereocenters. The summed E-state index contributed by atoms with van der Waals surface area (Å²) in [5.74, 6) is 0.916. The van der Waals surface area contributed by atoms with Gasteiger partial charge in [-0.3, -0.25) is 14.3 Å². The maximum atomic E-state index is 14.6. The predicted molar refractivity (Wildman–Crippen MR) is 174 cm³/mol. The molecule has 0 spiro atoms. The number of aromatic nitrogens is 1. The number of fused-ring (bicyclic) bond motifs is 3. The van der Waals surface area contributed by atoms with Crippen LogP contribution in [0.5, 0.6) is 11.5 Å². The number of methoxy groups -OCH3 is 2. The van der Waals surface area contributed by atoms with Crippen molar-refractivity contribution in [3.8, 4) is 11.5 Å². The minimum atomic E-state index is -0.551. The van der Waals surface area contributed by atoms with E-state index in [9.17, 15) is 9.18 Å². The molecule has 2 aliphatic rings. The topological polar surface area (TPSA) is 62.2 Å². The molecule has 1 fully saturated rings. The Hall–Kier alpha value is -2.95. The average Bonchev–Trinajstić information content (AvgIpc) is 3.36. The third kappa shape index (κ3) is 6.53. The first-order valence-electron chi connectivity index (χ1n) is 14.7. The monoisotopic (exact) mass is 686 g/mol. The molecule has 0 atom stereocenters. The summed E-state index contributed by atoms with van der Waals surface area (Å²) in [4.78, 5) is 16.1. The van der Waals surface area contributed by atoms with Crippen LogP contribution in [-0.4, -0.2) is 62.5 Å². The fourth-order valence-electron chi connectivity index (χ4n) is 6.36. The number of carbonyl (C=O) groups is 1. The molecule has 6 rings (SSSR count). The van der Waals surface area contributed by atoms with Crippen molar-refractivity contribution in [2.45, 2.75) is 37.8 Å². The van der Waals surface area contributed by atoms with Gasteiger partial charge in [0.15, 0.2) is 0 Å².